The van der Waals surface area contributed by atoms with Crippen LogP contribution in [0.2, 0.25) is 0 Å². The lowest BCUT2D eigenvalue weighted by atomic mass is 10.0. The number of hydrogen-bond donors (Lipinski definition) is 5. The average Bonchev–Trinajstić information content (AvgIpc) is 3.59. The second-order valence-corrected chi connectivity index (χ2v) is 10.3. The third-order valence-electron chi connectivity index (χ3n) is 7.15. The van der Waals surface area contributed by atoms with E-state index < -0.39 is 11.7 Å². The number of aryl methyl sites for hydroxylation is 2. The fraction of sp³-hybridized carbons (Fsp3) is 0.545. The van der Waals surface area contributed by atoms with Gasteiger partial charge in [0.25, 0.3) is 0 Å². The molecule has 10 heteroatoms. The molecule has 0 spiro atoms. The van der Waals surface area contributed by atoms with E-state index in [2.05, 4.69) is 20.6 Å². The quantitative estimate of drug-likeness (QED) is 0.378. The van der Waals surface area contributed by atoms with Crippen molar-refractivity contribution in [1.82, 2.24) is 19.9 Å². The molecular formula is C22H26N6O3S. The minimum Gasteiger partial charge on any atom is -0.396 e. The van der Waals surface area contributed by atoms with E-state index in [9.17, 15) is 15.3 Å². The number of hydrogen-bond acceptors (Lipinski definition) is 10. The molecule has 0 radical (unpaired) electrons. The van der Waals surface area contributed by atoms with Crippen LogP contribution in [0.4, 0.5) is 11.8 Å². The van der Waals surface area contributed by atoms with E-state index in [-0.39, 0.29) is 24.5 Å². The van der Waals surface area contributed by atoms with Crippen molar-refractivity contribution in [1.29, 1.82) is 0 Å². The molecule has 0 aromatic carbocycles. The standard InChI is InChI=1S/C22H26N6O3S/c1-9-16(20-27-17-10(2)23-6-5-15(17)32-20)19(28-21(24-9)25-11-3-4-11)26-14-7-12-13(8-29)22(12,31)18(14)30/h5-6,11-14,18,29-31H,3-4,7-8H2,1-2H3,(H2,24,25,26,28). The van der Waals surface area contributed by atoms with Gasteiger partial charge < -0.3 is 26.0 Å². The number of aromatic nitrogens is 4. The Labute approximate surface area is 189 Å². The van der Waals surface area contributed by atoms with Crippen molar-refractivity contribution in [2.75, 3.05) is 17.2 Å². The number of aliphatic hydroxyl groups excluding tert-OH is 2. The first-order chi connectivity index (χ1) is 15.4. The highest BCUT2D eigenvalue weighted by molar-refractivity contribution is 7.21. The van der Waals surface area contributed by atoms with E-state index in [1.807, 2.05) is 19.9 Å². The minimum atomic E-state index is -1.22. The summed E-state index contributed by atoms with van der Waals surface area (Å²) in [5, 5.41) is 38.6. The van der Waals surface area contributed by atoms with Crippen LogP contribution in [0, 0.1) is 25.7 Å². The zero-order valence-corrected chi connectivity index (χ0v) is 18.7. The number of aliphatic hydroxyl groups is 3. The Morgan fingerprint density at radius 1 is 1.16 bits per heavy atom. The van der Waals surface area contributed by atoms with Gasteiger partial charge in [-0.25, -0.2) is 9.97 Å². The smallest absolute Gasteiger partial charge is 0.225 e. The van der Waals surface area contributed by atoms with E-state index in [0.717, 1.165) is 45.0 Å². The van der Waals surface area contributed by atoms with Crippen LogP contribution in [0.15, 0.2) is 12.3 Å². The predicted molar refractivity (Wildman–Crippen MR) is 122 cm³/mol. The second kappa shape index (κ2) is 7.05. The van der Waals surface area contributed by atoms with Gasteiger partial charge in [0.1, 0.15) is 28.0 Å². The molecule has 168 valence electrons. The van der Waals surface area contributed by atoms with Crippen LogP contribution in [0.5, 0.6) is 0 Å². The first kappa shape index (κ1) is 20.2. The normalized spacial score (nSPS) is 31.0. The molecule has 3 aromatic rings. The number of fused-ring (bicyclic) bond motifs is 2. The second-order valence-electron chi connectivity index (χ2n) is 9.25. The third-order valence-corrected chi connectivity index (χ3v) is 8.19. The van der Waals surface area contributed by atoms with Gasteiger partial charge in [0.2, 0.25) is 5.95 Å². The Morgan fingerprint density at radius 2 is 1.97 bits per heavy atom. The van der Waals surface area contributed by atoms with Crippen molar-refractivity contribution in [2.45, 2.75) is 56.9 Å². The maximum Gasteiger partial charge on any atom is 0.225 e. The van der Waals surface area contributed by atoms with Gasteiger partial charge in [0.15, 0.2) is 0 Å². The van der Waals surface area contributed by atoms with Gasteiger partial charge in [0, 0.05) is 30.7 Å². The summed E-state index contributed by atoms with van der Waals surface area (Å²) in [4.78, 5) is 18.6. The highest BCUT2D eigenvalue weighted by atomic mass is 32.1. The van der Waals surface area contributed by atoms with Crippen LogP contribution in [0.1, 0.15) is 30.7 Å². The number of thiazole rings is 1. The van der Waals surface area contributed by atoms with Crippen LogP contribution in [0.25, 0.3) is 20.8 Å². The van der Waals surface area contributed by atoms with Gasteiger partial charge >= 0.3 is 0 Å². The average molecular weight is 455 g/mol. The molecule has 0 saturated heterocycles. The summed E-state index contributed by atoms with van der Waals surface area (Å²) < 4.78 is 1.04. The lowest BCUT2D eigenvalue weighted by molar-refractivity contribution is -0.0139. The van der Waals surface area contributed by atoms with Crippen LogP contribution < -0.4 is 10.6 Å². The molecule has 0 amide bonds. The molecule has 6 rings (SSSR count). The molecule has 32 heavy (non-hydrogen) atoms. The summed E-state index contributed by atoms with van der Waals surface area (Å²) in [7, 11) is 0. The monoisotopic (exact) mass is 454 g/mol. The van der Waals surface area contributed by atoms with Gasteiger partial charge in [-0.1, -0.05) is 0 Å². The highest BCUT2D eigenvalue weighted by Crippen LogP contribution is 2.61. The highest BCUT2D eigenvalue weighted by Gasteiger charge is 2.73. The number of pyridine rings is 1. The van der Waals surface area contributed by atoms with Crippen molar-refractivity contribution in [3.8, 4) is 10.6 Å². The zero-order valence-electron chi connectivity index (χ0n) is 17.9. The number of rotatable bonds is 6. The van der Waals surface area contributed by atoms with E-state index in [0.29, 0.717) is 24.2 Å². The summed E-state index contributed by atoms with van der Waals surface area (Å²) >= 11 is 1.56. The molecule has 5 atom stereocenters. The maximum atomic E-state index is 10.8. The van der Waals surface area contributed by atoms with Gasteiger partial charge in [-0.05, 0) is 39.2 Å². The molecule has 0 aliphatic heterocycles. The summed E-state index contributed by atoms with van der Waals surface area (Å²) in [6.45, 7) is 3.77. The summed E-state index contributed by atoms with van der Waals surface area (Å²) in [6, 6.07) is 1.99. The molecule has 3 fully saturated rings. The van der Waals surface area contributed by atoms with E-state index >= 15 is 0 Å². The van der Waals surface area contributed by atoms with Gasteiger partial charge in [-0.2, -0.15) is 4.98 Å². The molecule has 3 saturated carbocycles. The Balaban J connectivity index is 1.39. The van der Waals surface area contributed by atoms with Crippen LogP contribution in [0.3, 0.4) is 0 Å². The maximum absolute atomic E-state index is 10.8. The largest absolute Gasteiger partial charge is 0.396 e. The third kappa shape index (κ3) is 3.01. The summed E-state index contributed by atoms with van der Waals surface area (Å²) in [5.41, 5.74) is 2.10. The van der Waals surface area contributed by atoms with Gasteiger partial charge in [-0.15, -0.1) is 11.3 Å². The Morgan fingerprint density at radius 3 is 2.62 bits per heavy atom. The Bertz CT molecular complexity index is 1210. The number of nitrogens with one attached hydrogen (secondary N) is 2. The molecule has 3 aliphatic carbocycles. The fourth-order valence-electron chi connectivity index (χ4n) is 5.15. The Hall–Kier alpha value is -2.40. The lowest BCUT2D eigenvalue weighted by Crippen LogP contribution is -2.41. The first-order valence-corrected chi connectivity index (χ1v) is 11.9. The lowest BCUT2D eigenvalue weighted by Gasteiger charge is -2.25. The predicted octanol–water partition coefficient (Wildman–Crippen LogP) is 1.85. The van der Waals surface area contributed by atoms with E-state index in [1.54, 1.807) is 17.5 Å². The van der Waals surface area contributed by atoms with Crippen molar-refractivity contribution in [3.05, 3.63) is 23.7 Å². The number of anilines is 2. The van der Waals surface area contributed by atoms with Crippen molar-refractivity contribution in [3.63, 3.8) is 0 Å². The first-order valence-electron chi connectivity index (χ1n) is 11.1. The van der Waals surface area contributed by atoms with E-state index in [4.69, 9.17) is 9.97 Å². The molecule has 3 aliphatic rings. The molecule has 3 heterocycles. The number of nitrogens with zero attached hydrogens (tertiary/aromatic N) is 4. The fourth-order valence-corrected chi connectivity index (χ4v) is 6.26. The molecule has 3 aromatic heterocycles. The van der Waals surface area contributed by atoms with Crippen molar-refractivity contribution >= 4 is 33.3 Å². The van der Waals surface area contributed by atoms with Crippen LogP contribution >= 0.6 is 11.3 Å². The van der Waals surface area contributed by atoms with Gasteiger partial charge in [0.05, 0.1) is 27.7 Å². The zero-order chi connectivity index (χ0) is 22.2. The van der Waals surface area contributed by atoms with Gasteiger partial charge in [-0.3, -0.25) is 4.98 Å². The van der Waals surface area contributed by atoms with Crippen LogP contribution in [-0.4, -0.2) is 65.7 Å². The SMILES string of the molecule is Cc1nc(NC2CC2)nc(NC2CC3C(CO)C3(O)C2O)c1-c1nc2c(C)nccc2s1. The van der Waals surface area contributed by atoms with Crippen LogP contribution in [-0.2, 0) is 0 Å². The van der Waals surface area contributed by atoms with Crippen molar-refractivity contribution in [2.24, 2.45) is 11.8 Å². The molecule has 5 unspecified atom stereocenters. The topological polar surface area (TPSA) is 136 Å². The minimum absolute atomic E-state index is 0.105. The molecular weight excluding hydrogens is 428 g/mol. The van der Waals surface area contributed by atoms with E-state index in [1.165, 1.54) is 0 Å². The summed E-state index contributed by atoms with van der Waals surface area (Å²) in [5.74, 6) is 0.792. The molecule has 5 N–H and O–H groups in total. The summed E-state index contributed by atoms with van der Waals surface area (Å²) in [6.07, 6.45) is 3.59. The molecule has 9 nitrogen and oxygen atoms in total. The van der Waals surface area contributed by atoms with Crippen molar-refractivity contribution < 1.29 is 15.3 Å². The Kier molecular flexibility index (Phi) is 4.45. The molecule has 0 bridgehead atoms.